The minimum absolute atomic E-state index is 0.158. The molecule has 1 fully saturated rings. The summed E-state index contributed by atoms with van der Waals surface area (Å²) >= 11 is 1.38. The maximum Gasteiger partial charge on any atom is 0.233 e. The van der Waals surface area contributed by atoms with Crippen LogP contribution < -0.4 is 0 Å². The molecule has 0 unspecified atom stereocenters. The maximum absolute atomic E-state index is 11.9. The molecule has 2 heterocycles. The van der Waals surface area contributed by atoms with Crippen LogP contribution in [0.5, 0.6) is 0 Å². The lowest BCUT2D eigenvalue weighted by molar-refractivity contribution is -0.129. The Kier molecular flexibility index (Phi) is 3.95. The van der Waals surface area contributed by atoms with Crippen LogP contribution >= 0.6 is 11.8 Å². The van der Waals surface area contributed by atoms with Crippen molar-refractivity contribution in [2.24, 2.45) is 7.05 Å². The van der Waals surface area contributed by atoms with Gasteiger partial charge in [-0.05, 0) is 17.5 Å². The van der Waals surface area contributed by atoms with Crippen molar-refractivity contribution in [1.82, 2.24) is 30.0 Å². The molecule has 94 valence electrons. The van der Waals surface area contributed by atoms with E-state index in [4.69, 9.17) is 0 Å². The highest BCUT2D eigenvalue weighted by molar-refractivity contribution is 7.99. The van der Waals surface area contributed by atoms with Crippen LogP contribution in [0.1, 0.15) is 0 Å². The fourth-order valence-corrected chi connectivity index (χ4v) is 2.37. The van der Waals surface area contributed by atoms with E-state index in [1.165, 1.54) is 11.8 Å². The third-order valence-electron chi connectivity index (χ3n) is 2.76. The third kappa shape index (κ3) is 3.16. The lowest BCUT2D eigenvalue weighted by Gasteiger charge is -2.32. The zero-order valence-electron chi connectivity index (χ0n) is 10.0. The standard InChI is InChI=1S/C9H16N6OS/c1-13-3-5-15(6-4-13)8(16)7-17-9-10-11-12-14(9)2/h3-7H2,1-2H3. The van der Waals surface area contributed by atoms with E-state index in [0.29, 0.717) is 10.9 Å². The molecule has 1 aromatic heterocycles. The molecule has 1 amide bonds. The van der Waals surface area contributed by atoms with Gasteiger partial charge in [-0.15, -0.1) is 5.10 Å². The Bertz CT molecular complexity index is 387. The number of hydrogen-bond acceptors (Lipinski definition) is 6. The Morgan fingerprint density at radius 1 is 1.29 bits per heavy atom. The number of piperazine rings is 1. The lowest BCUT2D eigenvalue weighted by Crippen LogP contribution is -2.47. The van der Waals surface area contributed by atoms with E-state index >= 15 is 0 Å². The fourth-order valence-electron chi connectivity index (χ4n) is 1.62. The summed E-state index contributed by atoms with van der Waals surface area (Å²) in [7, 11) is 3.84. The van der Waals surface area contributed by atoms with Gasteiger partial charge in [-0.1, -0.05) is 11.8 Å². The summed E-state index contributed by atoms with van der Waals surface area (Å²) in [6.07, 6.45) is 0. The number of hydrogen-bond donors (Lipinski definition) is 0. The third-order valence-corrected chi connectivity index (χ3v) is 3.76. The number of thioether (sulfide) groups is 1. The Morgan fingerprint density at radius 2 is 2.00 bits per heavy atom. The summed E-state index contributed by atoms with van der Waals surface area (Å²) in [5, 5.41) is 11.8. The number of tetrazole rings is 1. The predicted octanol–water partition coefficient (Wildman–Crippen LogP) is -0.924. The first kappa shape index (κ1) is 12.3. The highest BCUT2D eigenvalue weighted by atomic mass is 32.2. The van der Waals surface area contributed by atoms with Crippen molar-refractivity contribution in [3.63, 3.8) is 0 Å². The highest BCUT2D eigenvalue weighted by Crippen LogP contribution is 2.13. The second-order valence-electron chi connectivity index (χ2n) is 4.06. The molecule has 0 atom stereocenters. The monoisotopic (exact) mass is 256 g/mol. The molecule has 0 saturated carbocycles. The van der Waals surface area contributed by atoms with Gasteiger partial charge in [0.2, 0.25) is 11.1 Å². The summed E-state index contributed by atoms with van der Waals surface area (Å²) in [6, 6.07) is 0. The van der Waals surface area contributed by atoms with Crippen LogP contribution in [0.15, 0.2) is 5.16 Å². The molecule has 2 rings (SSSR count). The van der Waals surface area contributed by atoms with E-state index in [1.54, 1.807) is 11.7 Å². The van der Waals surface area contributed by atoms with Gasteiger partial charge >= 0.3 is 0 Å². The minimum atomic E-state index is 0.158. The maximum atomic E-state index is 11.9. The van der Waals surface area contributed by atoms with Crippen molar-refractivity contribution in [3.05, 3.63) is 0 Å². The molecule has 0 N–H and O–H groups in total. The summed E-state index contributed by atoms with van der Waals surface area (Å²) < 4.78 is 1.57. The molecule has 0 aromatic carbocycles. The molecule has 1 aromatic rings. The molecule has 0 spiro atoms. The first-order valence-electron chi connectivity index (χ1n) is 5.48. The number of likely N-dealkylation sites (N-methyl/N-ethyl adjacent to an activating group) is 1. The SMILES string of the molecule is CN1CCN(C(=O)CSc2nnnn2C)CC1. The Labute approximate surface area is 104 Å². The normalized spacial score (nSPS) is 17.4. The van der Waals surface area contributed by atoms with Crippen LogP contribution in [-0.4, -0.2) is 74.9 Å². The van der Waals surface area contributed by atoms with Gasteiger partial charge in [0.15, 0.2) is 0 Å². The molecule has 0 bridgehead atoms. The van der Waals surface area contributed by atoms with Gasteiger partial charge < -0.3 is 9.80 Å². The number of aryl methyl sites for hydroxylation is 1. The summed E-state index contributed by atoms with van der Waals surface area (Å²) in [5.74, 6) is 0.559. The topological polar surface area (TPSA) is 67.2 Å². The molecular formula is C9H16N6OS. The van der Waals surface area contributed by atoms with Crippen molar-refractivity contribution >= 4 is 17.7 Å². The Morgan fingerprint density at radius 3 is 2.59 bits per heavy atom. The Hall–Kier alpha value is -1.15. The largest absolute Gasteiger partial charge is 0.339 e. The Balaban J connectivity index is 1.80. The zero-order valence-corrected chi connectivity index (χ0v) is 10.9. The smallest absolute Gasteiger partial charge is 0.233 e. The molecule has 1 saturated heterocycles. The molecule has 17 heavy (non-hydrogen) atoms. The molecule has 7 nitrogen and oxygen atoms in total. The number of aromatic nitrogens is 4. The zero-order chi connectivity index (χ0) is 12.3. The fraction of sp³-hybridized carbons (Fsp3) is 0.778. The van der Waals surface area contributed by atoms with E-state index in [1.807, 2.05) is 4.90 Å². The van der Waals surface area contributed by atoms with Crippen LogP contribution in [0.4, 0.5) is 0 Å². The van der Waals surface area contributed by atoms with E-state index in [-0.39, 0.29) is 5.91 Å². The van der Waals surface area contributed by atoms with Crippen molar-refractivity contribution in [2.75, 3.05) is 39.0 Å². The van der Waals surface area contributed by atoms with Gasteiger partial charge in [0, 0.05) is 33.2 Å². The van der Waals surface area contributed by atoms with Crippen molar-refractivity contribution in [1.29, 1.82) is 0 Å². The first-order valence-corrected chi connectivity index (χ1v) is 6.47. The van der Waals surface area contributed by atoms with Crippen molar-refractivity contribution in [3.8, 4) is 0 Å². The molecule has 0 aliphatic carbocycles. The summed E-state index contributed by atoms with van der Waals surface area (Å²) in [4.78, 5) is 16.0. The van der Waals surface area contributed by atoms with E-state index < -0.39 is 0 Å². The first-order chi connectivity index (χ1) is 8.16. The van der Waals surface area contributed by atoms with Gasteiger partial charge in [0.05, 0.1) is 5.75 Å². The van der Waals surface area contributed by atoms with Gasteiger partial charge in [-0.2, -0.15) is 0 Å². The number of rotatable bonds is 3. The van der Waals surface area contributed by atoms with Gasteiger partial charge in [-0.25, -0.2) is 4.68 Å². The van der Waals surface area contributed by atoms with Crippen LogP contribution in [0.3, 0.4) is 0 Å². The lowest BCUT2D eigenvalue weighted by atomic mass is 10.3. The number of carbonyl (C=O) groups excluding carboxylic acids is 1. The van der Waals surface area contributed by atoms with Crippen LogP contribution in [0, 0.1) is 0 Å². The highest BCUT2D eigenvalue weighted by Gasteiger charge is 2.19. The molecule has 0 radical (unpaired) electrons. The van der Waals surface area contributed by atoms with E-state index in [0.717, 1.165) is 26.2 Å². The quantitative estimate of drug-likeness (QED) is 0.651. The van der Waals surface area contributed by atoms with Crippen LogP contribution in [-0.2, 0) is 11.8 Å². The average molecular weight is 256 g/mol. The molecular weight excluding hydrogens is 240 g/mol. The second-order valence-corrected chi connectivity index (χ2v) is 5.00. The number of carbonyl (C=O) groups is 1. The average Bonchev–Trinajstić information content (AvgIpc) is 2.73. The summed E-state index contributed by atoms with van der Waals surface area (Å²) in [6.45, 7) is 3.52. The summed E-state index contributed by atoms with van der Waals surface area (Å²) in [5.41, 5.74) is 0. The second kappa shape index (κ2) is 5.46. The minimum Gasteiger partial charge on any atom is -0.339 e. The van der Waals surface area contributed by atoms with Crippen molar-refractivity contribution < 1.29 is 4.79 Å². The van der Waals surface area contributed by atoms with Crippen LogP contribution in [0.25, 0.3) is 0 Å². The van der Waals surface area contributed by atoms with Crippen LogP contribution in [0.2, 0.25) is 0 Å². The molecule has 1 aliphatic heterocycles. The van der Waals surface area contributed by atoms with Gasteiger partial charge in [0.1, 0.15) is 0 Å². The van der Waals surface area contributed by atoms with Gasteiger partial charge in [0.25, 0.3) is 0 Å². The van der Waals surface area contributed by atoms with E-state index in [9.17, 15) is 4.79 Å². The van der Waals surface area contributed by atoms with E-state index in [2.05, 4.69) is 27.5 Å². The molecule has 1 aliphatic rings. The van der Waals surface area contributed by atoms with Crippen molar-refractivity contribution in [2.45, 2.75) is 5.16 Å². The number of amides is 1. The predicted molar refractivity (Wildman–Crippen MR) is 63.6 cm³/mol. The number of nitrogens with zero attached hydrogens (tertiary/aromatic N) is 6. The molecule has 8 heteroatoms. The van der Waals surface area contributed by atoms with Gasteiger partial charge in [-0.3, -0.25) is 4.79 Å².